The minimum Gasteiger partial charge on any atom is -0.381 e. The van der Waals surface area contributed by atoms with Gasteiger partial charge in [0, 0.05) is 25.7 Å². The minimum atomic E-state index is 0.0753. The molecule has 2 N–H and O–H groups in total. The second kappa shape index (κ2) is 8.60. The van der Waals surface area contributed by atoms with Gasteiger partial charge in [0.1, 0.15) is 0 Å². The number of carbonyl (C=O) groups excluding carboxylic acids is 1. The Bertz CT molecular complexity index is 539. The lowest BCUT2D eigenvalue weighted by Crippen LogP contribution is -2.49. The summed E-state index contributed by atoms with van der Waals surface area (Å²) in [5.41, 5.74) is 2.28. The van der Waals surface area contributed by atoms with Crippen LogP contribution in [0.25, 0.3) is 0 Å². The molecule has 1 amide bonds. The molecule has 1 aromatic rings. The molecule has 1 aromatic carbocycles. The first-order chi connectivity index (χ1) is 11.7. The van der Waals surface area contributed by atoms with Crippen LogP contribution in [-0.2, 0) is 27.4 Å². The molecule has 0 aromatic heterocycles. The monoisotopic (exact) mass is 332 g/mol. The van der Waals surface area contributed by atoms with E-state index in [1.54, 1.807) is 0 Å². The Morgan fingerprint density at radius 2 is 2.08 bits per heavy atom. The summed E-state index contributed by atoms with van der Waals surface area (Å²) < 4.78 is 11.3. The molecule has 1 unspecified atom stereocenters. The molecular weight excluding hydrogens is 304 g/mol. The van der Waals surface area contributed by atoms with Gasteiger partial charge in [0.15, 0.2) is 0 Å². The average molecular weight is 332 g/mol. The molecule has 2 aliphatic rings. The van der Waals surface area contributed by atoms with Gasteiger partial charge in [0.25, 0.3) is 0 Å². The maximum Gasteiger partial charge on any atom is 0.223 e. The van der Waals surface area contributed by atoms with Gasteiger partial charge >= 0.3 is 0 Å². The topological polar surface area (TPSA) is 59.6 Å². The molecule has 24 heavy (non-hydrogen) atoms. The average Bonchev–Trinajstić information content (AvgIpc) is 2.57. The van der Waals surface area contributed by atoms with E-state index in [-0.39, 0.29) is 11.8 Å². The molecule has 1 atom stereocenters. The van der Waals surface area contributed by atoms with Crippen molar-refractivity contribution in [1.82, 2.24) is 10.6 Å². The van der Waals surface area contributed by atoms with Crippen molar-refractivity contribution >= 4 is 5.91 Å². The summed E-state index contributed by atoms with van der Waals surface area (Å²) in [6, 6.07) is 8.28. The van der Waals surface area contributed by atoms with Gasteiger partial charge in [-0.15, -0.1) is 0 Å². The summed E-state index contributed by atoms with van der Waals surface area (Å²) >= 11 is 0. The number of hydrogen-bond donors (Lipinski definition) is 2. The fraction of sp³-hybridized carbons (Fsp3) is 0.632. The Balaban J connectivity index is 1.44. The lowest BCUT2D eigenvalue weighted by molar-refractivity contribution is -0.126. The normalized spacial score (nSPS) is 20.4. The first-order valence-corrected chi connectivity index (χ1v) is 8.98. The van der Waals surface area contributed by atoms with Crippen molar-refractivity contribution in [3.05, 3.63) is 35.4 Å². The lowest BCUT2D eigenvalue weighted by atomic mass is 9.88. The molecule has 0 bridgehead atoms. The fourth-order valence-electron chi connectivity index (χ4n) is 3.11. The molecule has 3 rings (SSSR count). The van der Waals surface area contributed by atoms with Crippen LogP contribution < -0.4 is 10.6 Å². The Kier molecular flexibility index (Phi) is 6.24. The number of ether oxygens (including phenoxy) is 2. The second-order valence-electron chi connectivity index (χ2n) is 6.87. The third-order valence-corrected chi connectivity index (χ3v) is 5.05. The van der Waals surface area contributed by atoms with Crippen LogP contribution in [0.5, 0.6) is 0 Å². The minimum absolute atomic E-state index is 0.0753. The summed E-state index contributed by atoms with van der Waals surface area (Å²) in [7, 11) is 0. The van der Waals surface area contributed by atoms with E-state index < -0.39 is 0 Å². The van der Waals surface area contributed by atoms with E-state index in [2.05, 4.69) is 22.8 Å². The molecule has 5 heteroatoms. The van der Waals surface area contributed by atoms with E-state index in [4.69, 9.17) is 9.47 Å². The second-order valence-corrected chi connectivity index (χ2v) is 6.87. The zero-order valence-corrected chi connectivity index (χ0v) is 14.4. The smallest absolute Gasteiger partial charge is 0.223 e. The number of hydrogen-bond acceptors (Lipinski definition) is 4. The zero-order valence-electron chi connectivity index (χ0n) is 14.4. The molecule has 132 valence electrons. The van der Waals surface area contributed by atoms with Gasteiger partial charge in [-0.05, 0) is 43.0 Å². The highest BCUT2D eigenvalue weighted by Crippen LogP contribution is 2.17. The molecule has 0 saturated carbocycles. The summed E-state index contributed by atoms with van der Waals surface area (Å²) in [4.78, 5) is 12.2. The molecule has 5 nitrogen and oxygen atoms in total. The molecule has 2 fully saturated rings. The summed E-state index contributed by atoms with van der Waals surface area (Å²) in [5, 5.41) is 6.27. The van der Waals surface area contributed by atoms with Gasteiger partial charge in [0.2, 0.25) is 5.91 Å². The maximum absolute atomic E-state index is 12.2. The molecule has 2 saturated heterocycles. The van der Waals surface area contributed by atoms with Crippen LogP contribution in [0, 0.1) is 11.8 Å². The highest BCUT2D eigenvalue weighted by molar-refractivity contribution is 5.78. The van der Waals surface area contributed by atoms with Gasteiger partial charge in [-0.25, -0.2) is 0 Å². The van der Waals surface area contributed by atoms with E-state index in [0.717, 1.165) is 50.3 Å². The van der Waals surface area contributed by atoms with Gasteiger partial charge in [-0.1, -0.05) is 31.2 Å². The highest BCUT2D eigenvalue weighted by atomic mass is 16.5. The first-order valence-electron chi connectivity index (χ1n) is 8.98. The van der Waals surface area contributed by atoms with Gasteiger partial charge in [-0.2, -0.15) is 0 Å². The van der Waals surface area contributed by atoms with E-state index in [0.29, 0.717) is 25.2 Å². The summed E-state index contributed by atoms with van der Waals surface area (Å²) in [6.45, 7) is 6.71. The summed E-state index contributed by atoms with van der Waals surface area (Å²) in [6.07, 6.45) is 2.26. The quantitative estimate of drug-likeness (QED) is 0.800. The SMILES string of the molecule is CC(C(=O)NCc1cccc(COC2CCOCC2)c1)C1CNC1. The van der Waals surface area contributed by atoms with Crippen LogP contribution in [0.4, 0.5) is 0 Å². The number of carbonyl (C=O) groups is 1. The standard InChI is InChI=1S/C19H28N2O3/c1-14(17-11-20-12-17)19(22)21-10-15-3-2-4-16(9-15)13-24-18-5-7-23-8-6-18/h2-4,9,14,17-18,20H,5-8,10-13H2,1H3,(H,21,22). The Morgan fingerprint density at radius 3 is 2.79 bits per heavy atom. The Labute approximate surface area is 144 Å². The van der Waals surface area contributed by atoms with Crippen molar-refractivity contribution in [2.24, 2.45) is 11.8 Å². The largest absolute Gasteiger partial charge is 0.381 e. The van der Waals surface area contributed by atoms with Gasteiger partial charge in [0.05, 0.1) is 12.7 Å². The van der Waals surface area contributed by atoms with Gasteiger partial charge in [-0.3, -0.25) is 4.79 Å². The van der Waals surface area contributed by atoms with E-state index in [1.165, 1.54) is 0 Å². The third-order valence-electron chi connectivity index (χ3n) is 5.05. The summed E-state index contributed by atoms with van der Waals surface area (Å²) in [5.74, 6) is 0.695. The molecular formula is C19H28N2O3. The number of rotatable bonds is 7. The van der Waals surface area contributed by atoms with Crippen molar-refractivity contribution in [1.29, 1.82) is 0 Å². The van der Waals surface area contributed by atoms with Crippen LogP contribution in [-0.4, -0.2) is 38.3 Å². The van der Waals surface area contributed by atoms with Crippen molar-refractivity contribution in [2.45, 2.75) is 39.0 Å². The van der Waals surface area contributed by atoms with E-state index >= 15 is 0 Å². The van der Waals surface area contributed by atoms with Crippen molar-refractivity contribution in [2.75, 3.05) is 26.3 Å². The number of benzene rings is 1. The van der Waals surface area contributed by atoms with Crippen LogP contribution in [0.15, 0.2) is 24.3 Å². The lowest BCUT2D eigenvalue weighted by Gasteiger charge is -2.31. The van der Waals surface area contributed by atoms with Crippen molar-refractivity contribution in [3.8, 4) is 0 Å². The predicted octanol–water partition coefficient (Wildman–Crippen LogP) is 1.85. The maximum atomic E-state index is 12.2. The fourth-order valence-corrected chi connectivity index (χ4v) is 3.11. The number of amides is 1. The zero-order chi connectivity index (χ0) is 16.8. The van der Waals surface area contributed by atoms with Crippen molar-refractivity contribution in [3.63, 3.8) is 0 Å². The molecule has 0 spiro atoms. The van der Waals surface area contributed by atoms with Crippen molar-refractivity contribution < 1.29 is 14.3 Å². The predicted molar refractivity (Wildman–Crippen MR) is 92.4 cm³/mol. The van der Waals surface area contributed by atoms with E-state index in [1.807, 2.05) is 19.1 Å². The first kappa shape index (κ1) is 17.4. The van der Waals surface area contributed by atoms with Crippen LogP contribution in [0.3, 0.4) is 0 Å². The van der Waals surface area contributed by atoms with Crippen LogP contribution >= 0.6 is 0 Å². The number of nitrogens with one attached hydrogen (secondary N) is 2. The van der Waals surface area contributed by atoms with Crippen LogP contribution in [0.2, 0.25) is 0 Å². The third kappa shape index (κ3) is 4.79. The molecule has 2 heterocycles. The Morgan fingerprint density at radius 1 is 1.33 bits per heavy atom. The Hall–Kier alpha value is -1.43. The van der Waals surface area contributed by atoms with E-state index in [9.17, 15) is 4.79 Å². The molecule has 0 radical (unpaired) electrons. The van der Waals surface area contributed by atoms with Gasteiger partial charge < -0.3 is 20.1 Å². The highest BCUT2D eigenvalue weighted by Gasteiger charge is 2.28. The molecule has 0 aliphatic carbocycles. The van der Waals surface area contributed by atoms with Crippen LogP contribution in [0.1, 0.15) is 30.9 Å². The molecule has 2 aliphatic heterocycles.